The van der Waals surface area contributed by atoms with Crippen LogP contribution in [0.2, 0.25) is 0 Å². The summed E-state index contributed by atoms with van der Waals surface area (Å²) in [6, 6.07) is 18.7. The van der Waals surface area contributed by atoms with Gasteiger partial charge in [-0.25, -0.2) is 10.2 Å². The van der Waals surface area contributed by atoms with Gasteiger partial charge in [0.15, 0.2) is 0 Å². The molecule has 0 aromatic heterocycles. The molecule has 2 aromatic carbocycles. The average Bonchev–Trinajstić information content (AvgIpc) is 2.62. The number of hydrazone groups is 1. The Morgan fingerprint density at radius 2 is 1.54 bits per heavy atom. The minimum absolute atomic E-state index is 0.243. The fourth-order valence-electron chi connectivity index (χ4n) is 2.33. The number of benzene rings is 2. The molecule has 0 aliphatic heterocycles. The second-order valence-electron chi connectivity index (χ2n) is 5.25. The summed E-state index contributed by atoms with van der Waals surface area (Å²) >= 11 is 0. The van der Waals surface area contributed by atoms with E-state index in [1.165, 1.54) is 0 Å². The van der Waals surface area contributed by atoms with Crippen LogP contribution in [0, 0.1) is 0 Å². The molecule has 0 atom stereocenters. The standard InChI is InChI=1S/C18H21N2O3P/c1-3-23-18(21)20-19-15(2)14-24(22,16-10-6-4-7-11-16)17-12-8-5-9-13-17/h4-13H,3,14H2,1-2H3,(H,20,21)/b19-15+. The second kappa shape index (κ2) is 8.46. The Hall–Kier alpha value is -2.39. The molecule has 0 unspecified atom stereocenters. The molecule has 0 heterocycles. The molecule has 1 N–H and O–H groups in total. The van der Waals surface area contributed by atoms with Crippen LogP contribution in [0.15, 0.2) is 65.8 Å². The van der Waals surface area contributed by atoms with Crippen molar-refractivity contribution >= 4 is 29.6 Å². The van der Waals surface area contributed by atoms with Crippen molar-refractivity contribution < 1.29 is 14.1 Å². The molecular formula is C18H21N2O3P. The molecule has 0 saturated carbocycles. The number of hydrogen-bond donors (Lipinski definition) is 1. The Labute approximate surface area is 142 Å². The first kappa shape index (κ1) is 18.0. The maximum absolute atomic E-state index is 13.8. The number of nitrogens with zero attached hydrogens (tertiary/aromatic N) is 1. The van der Waals surface area contributed by atoms with Crippen LogP contribution in [0.4, 0.5) is 4.79 Å². The van der Waals surface area contributed by atoms with Crippen LogP contribution in [0.5, 0.6) is 0 Å². The van der Waals surface area contributed by atoms with E-state index >= 15 is 0 Å². The Morgan fingerprint density at radius 1 is 1.04 bits per heavy atom. The summed E-state index contributed by atoms with van der Waals surface area (Å²) in [5, 5.41) is 5.53. The van der Waals surface area contributed by atoms with Crippen LogP contribution in [0.3, 0.4) is 0 Å². The molecule has 2 aromatic rings. The van der Waals surface area contributed by atoms with Gasteiger partial charge in [-0.15, -0.1) is 0 Å². The van der Waals surface area contributed by atoms with Crippen LogP contribution in [0.25, 0.3) is 0 Å². The number of carbonyl (C=O) groups is 1. The van der Waals surface area contributed by atoms with E-state index in [9.17, 15) is 9.36 Å². The summed E-state index contributed by atoms with van der Waals surface area (Å²) in [5.41, 5.74) is 2.88. The van der Waals surface area contributed by atoms with Crippen molar-refractivity contribution in [3.63, 3.8) is 0 Å². The van der Waals surface area contributed by atoms with E-state index in [1.807, 2.05) is 60.7 Å². The Balaban J connectivity index is 2.30. The van der Waals surface area contributed by atoms with Crippen molar-refractivity contribution in [3.05, 3.63) is 60.7 Å². The van der Waals surface area contributed by atoms with Gasteiger partial charge < -0.3 is 9.30 Å². The minimum atomic E-state index is -2.88. The highest BCUT2D eigenvalue weighted by Gasteiger charge is 2.27. The van der Waals surface area contributed by atoms with Crippen molar-refractivity contribution in [3.8, 4) is 0 Å². The molecule has 126 valence electrons. The van der Waals surface area contributed by atoms with Crippen LogP contribution in [-0.4, -0.2) is 24.6 Å². The zero-order chi connectivity index (χ0) is 17.4. The van der Waals surface area contributed by atoms with Crippen LogP contribution < -0.4 is 16.0 Å². The van der Waals surface area contributed by atoms with E-state index in [-0.39, 0.29) is 12.8 Å². The van der Waals surface area contributed by atoms with Gasteiger partial charge >= 0.3 is 6.09 Å². The average molecular weight is 344 g/mol. The van der Waals surface area contributed by atoms with Gasteiger partial charge in [0.25, 0.3) is 0 Å². The predicted octanol–water partition coefficient (Wildman–Crippen LogP) is 3.12. The lowest BCUT2D eigenvalue weighted by molar-refractivity contribution is 0.152. The third kappa shape index (κ3) is 4.56. The lowest BCUT2D eigenvalue weighted by atomic mass is 10.4. The first-order valence-electron chi connectivity index (χ1n) is 7.72. The quantitative estimate of drug-likeness (QED) is 0.497. The van der Waals surface area contributed by atoms with E-state index in [4.69, 9.17) is 4.74 Å². The molecule has 0 radical (unpaired) electrons. The van der Waals surface area contributed by atoms with Gasteiger partial charge in [0.05, 0.1) is 6.61 Å². The summed E-state index contributed by atoms with van der Waals surface area (Å²) in [5.74, 6) is 0. The SMILES string of the molecule is CCOC(=O)N/N=C(\C)CP(=O)(c1ccccc1)c1ccccc1. The number of nitrogens with one attached hydrogen (secondary N) is 1. The molecule has 0 aliphatic rings. The smallest absolute Gasteiger partial charge is 0.427 e. The topological polar surface area (TPSA) is 67.8 Å². The lowest BCUT2D eigenvalue weighted by Gasteiger charge is -2.19. The molecule has 0 fully saturated rings. The second-order valence-corrected chi connectivity index (χ2v) is 8.08. The van der Waals surface area contributed by atoms with Gasteiger partial charge in [0.1, 0.15) is 7.14 Å². The van der Waals surface area contributed by atoms with Crippen molar-refractivity contribution in [1.82, 2.24) is 5.43 Å². The number of amides is 1. The Morgan fingerprint density at radius 3 is 2.00 bits per heavy atom. The number of rotatable bonds is 6. The van der Waals surface area contributed by atoms with Gasteiger partial charge in [0.2, 0.25) is 0 Å². The van der Waals surface area contributed by atoms with Crippen molar-refractivity contribution in [2.75, 3.05) is 12.8 Å². The molecule has 24 heavy (non-hydrogen) atoms. The number of carbonyl (C=O) groups excluding carboxylic acids is 1. The van der Waals surface area contributed by atoms with Crippen LogP contribution >= 0.6 is 7.14 Å². The molecule has 0 aliphatic carbocycles. The lowest BCUT2D eigenvalue weighted by Crippen LogP contribution is -2.24. The van der Waals surface area contributed by atoms with Gasteiger partial charge in [-0.2, -0.15) is 5.10 Å². The monoisotopic (exact) mass is 344 g/mol. The fourth-order valence-corrected chi connectivity index (χ4v) is 5.02. The highest BCUT2D eigenvalue weighted by atomic mass is 31.2. The highest BCUT2D eigenvalue weighted by Crippen LogP contribution is 2.43. The Kier molecular flexibility index (Phi) is 6.33. The van der Waals surface area contributed by atoms with Gasteiger partial charge in [-0.3, -0.25) is 0 Å². The molecule has 5 nitrogen and oxygen atoms in total. The zero-order valence-corrected chi connectivity index (χ0v) is 14.7. The normalized spacial score (nSPS) is 11.8. The van der Waals surface area contributed by atoms with Crippen molar-refractivity contribution in [1.29, 1.82) is 0 Å². The first-order chi connectivity index (χ1) is 11.6. The van der Waals surface area contributed by atoms with E-state index in [0.717, 1.165) is 10.6 Å². The number of ether oxygens (including phenoxy) is 1. The zero-order valence-electron chi connectivity index (χ0n) is 13.8. The van der Waals surface area contributed by atoms with Gasteiger partial charge in [-0.05, 0) is 13.8 Å². The maximum atomic E-state index is 13.8. The minimum Gasteiger partial charge on any atom is -0.449 e. The van der Waals surface area contributed by atoms with E-state index in [0.29, 0.717) is 5.71 Å². The predicted molar refractivity (Wildman–Crippen MR) is 97.9 cm³/mol. The van der Waals surface area contributed by atoms with Crippen molar-refractivity contribution in [2.45, 2.75) is 13.8 Å². The van der Waals surface area contributed by atoms with Crippen molar-refractivity contribution in [2.24, 2.45) is 5.10 Å². The van der Waals surface area contributed by atoms with Crippen LogP contribution in [-0.2, 0) is 9.30 Å². The molecule has 0 spiro atoms. The molecular weight excluding hydrogens is 323 g/mol. The van der Waals surface area contributed by atoms with E-state index in [2.05, 4.69) is 10.5 Å². The number of hydrogen-bond acceptors (Lipinski definition) is 4. The largest absolute Gasteiger partial charge is 0.449 e. The third-order valence-electron chi connectivity index (χ3n) is 3.41. The maximum Gasteiger partial charge on any atom is 0.427 e. The molecule has 0 bridgehead atoms. The molecule has 6 heteroatoms. The molecule has 0 saturated heterocycles. The Bertz CT molecular complexity index is 702. The summed E-state index contributed by atoms with van der Waals surface area (Å²) in [6.07, 6.45) is -0.376. The van der Waals surface area contributed by atoms with Gasteiger partial charge in [-0.1, -0.05) is 60.7 Å². The van der Waals surface area contributed by atoms with E-state index in [1.54, 1.807) is 13.8 Å². The first-order valence-corrected chi connectivity index (χ1v) is 9.61. The van der Waals surface area contributed by atoms with Gasteiger partial charge in [0, 0.05) is 22.5 Å². The summed E-state index contributed by atoms with van der Waals surface area (Å²) < 4.78 is 18.5. The van der Waals surface area contributed by atoms with Crippen LogP contribution in [0.1, 0.15) is 13.8 Å². The summed E-state index contributed by atoms with van der Waals surface area (Å²) in [4.78, 5) is 11.3. The molecule has 1 amide bonds. The van der Waals surface area contributed by atoms with E-state index < -0.39 is 13.2 Å². The molecule has 2 rings (SSSR count). The highest BCUT2D eigenvalue weighted by molar-refractivity contribution is 7.79. The summed E-state index contributed by atoms with van der Waals surface area (Å²) in [7, 11) is -2.88. The third-order valence-corrected chi connectivity index (χ3v) is 6.58. The summed E-state index contributed by atoms with van der Waals surface area (Å²) in [6.45, 7) is 3.73. The fraction of sp³-hybridized carbons (Fsp3) is 0.222.